The fourth-order valence-corrected chi connectivity index (χ4v) is 3.90. The van der Waals surface area contributed by atoms with Gasteiger partial charge >= 0.3 is 0 Å². The number of nitrogens with one attached hydrogen (secondary N) is 1. The van der Waals surface area contributed by atoms with E-state index in [1.54, 1.807) is 17.8 Å². The number of imide groups is 1. The van der Waals surface area contributed by atoms with Crippen LogP contribution in [0.2, 0.25) is 0 Å². The van der Waals surface area contributed by atoms with Crippen molar-refractivity contribution in [3.8, 4) is 22.6 Å². The molecule has 0 atom stereocenters. The van der Waals surface area contributed by atoms with Gasteiger partial charge in [0.2, 0.25) is 6.79 Å². The number of fused-ring (bicyclic) bond motifs is 3. The molecular formula is C20H13NO4S. The first-order valence-corrected chi connectivity index (χ1v) is 9.28. The van der Waals surface area contributed by atoms with E-state index in [0.29, 0.717) is 22.6 Å². The topological polar surface area (TPSA) is 64.6 Å². The van der Waals surface area contributed by atoms with Crippen molar-refractivity contribution in [2.24, 2.45) is 0 Å². The number of ether oxygens (including phenoxy) is 2. The number of hydrogen-bond donors (Lipinski definition) is 1. The second-order valence-electron chi connectivity index (χ2n) is 6.11. The van der Waals surface area contributed by atoms with Gasteiger partial charge in [0, 0.05) is 10.5 Å². The number of carbonyl (C=O) groups excluding carboxylic acids is 2. The lowest BCUT2D eigenvalue weighted by atomic mass is 9.90. The SMILES string of the molecule is CSc1ccc(-c2c3c(cc4cc5c(cc24)OCO5)C(=O)NC3=O)cc1. The Bertz CT molecular complexity index is 1110. The molecule has 1 N–H and O–H groups in total. The minimum Gasteiger partial charge on any atom is -0.454 e. The van der Waals surface area contributed by atoms with Crippen molar-refractivity contribution >= 4 is 34.3 Å². The minimum atomic E-state index is -0.369. The van der Waals surface area contributed by atoms with Gasteiger partial charge in [0.05, 0.1) is 11.1 Å². The Labute approximate surface area is 153 Å². The molecule has 0 radical (unpaired) electrons. The Hall–Kier alpha value is -2.99. The first-order chi connectivity index (χ1) is 12.7. The lowest BCUT2D eigenvalue weighted by Crippen LogP contribution is -2.20. The van der Waals surface area contributed by atoms with Gasteiger partial charge in [0.25, 0.3) is 11.8 Å². The Morgan fingerprint density at radius 1 is 0.923 bits per heavy atom. The van der Waals surface area contributed by atoms with E-state index in [0.717, 1.165) is 26.8 Å². The van der Waals surface area contributed by atoms with Crippen molar-refractivity contribution in [1.29, 1.82) is 0 Å². The third kappa shape index (κ3) is 2.12. The highest BCUT2D eigenvalue weighted by atomic mass is 32.2. The van der Waals surface area contributed by atoms with Gasteiger partial charge < -0.3 is 9.47 Å². The van der Waals surface area contributed by atoms with Crippen molar-refractivity contribution in [3.63, 3.8) is 0 Å². The number of rotatable bonds is 2. The summed E-state index contributed by atoms with van der Waals surface area (Å²) in [6, 6.07) is 13.4. The molecule has 2 amide bonds. The van der Waals surface area contributed by atoms with Crippen LogP contribution in [0.15, 0.2) is 47.4 Å². The molecule has 2 aliphatic heterocycles. The van der Waals surface area contributed by atoms with Crippen LogP contribution in [0.3, 0.4) is 0 Å². The lowest BCUT2D eigenvalue weighted by Gasteiger charge is -2.13. The third-order valence-corrected chi connectivity index (χ3v) is 5.45. The van der Waals surface area contributed by atoms with Crippen LogP contribution in [0.5, 0.6) is 11.5 Å². The lowest BCUT2D eigenvalue weighted by molar-refractivity contribution is 0.0880. The summed E-state index contributed by atoms with van der Waals surface area (Å²) in [5.41, 5.74) is 2.43. The molecule has 0 aromatic heterocycles. The van der Waals surface area contributed by atoms with Gasteiger partial charge in [0.15, 0.2) is 11.5 Å². The fraction of sp³-hybridized carbons (Fsp3) is 0.100. The molecule has 5 nitrogen and oxygen atoms in total. The molecule has 26 heavy (non-hydrogen) atoms. The number of benzene rings is 3. The zero-order valence-corrected chi connectivity index (χ0v) is 14.6. The number of carbonyl (C=O) groups is 2. The largest absolute Gasteiger partial charge is 0.454 e. The van der Waals surface area contributed by atoms with Crippen molar-refractivity contribution < 1.29 is 19.1 Å². The predicted molar refractivity (Wildman–Crippen MR) is 99.1 cm³/mol. The molecular weight excluding hydrogens is 350 g/mol. The minimum absolute atomic E-state index is 0.169. The molecule has 0 fully saturated rings. The number of hydrogen-bond acceptors (Lipinski definition) is 5. The quantitative estimate of drug-likeness (QED) is 0.554. The van der Waals surface area contributed by atoms with Crippen molar-refractivity contribution in [1.82, 2.24) is 5.32 Å². The maximum Gasteiger partial charge on any atom is 0.259 e. The monoisotopic (exact) mass is 363 g/mol. The van der Waals surface area contributed by atoms with Gasteiger partial charge in [-0.1, -0.05) is 12.1 Å². The molecule has 5 rings (SSSR count). The van der Waals surface area contributed by atoms with E-state index in [9.17, 15) is 9.59 Å². The first kappa shape index (κ1) is 15.3. The van der Waals surface area contributed by atoms with E-state index < -0.39 is 0 Å². The van der Waals surface area contributed by atoms with Crippen LogP contribution in [0, 0.1) is 0 Å². The Kier molecular flexibility index (Phi) is 3.24. The highest BCUT2D eigenvalue weighted by Gasteiger charge is 2.32. The molecule has 0 bridgehead atoms. The smallest absolute Gasteiger partial charge is 0.259 e. The third-order valence-electron chi connectivity index (χ3n) is 4.71. The van der Waals surface area contributed by atoms with Crippen LogP contribution >= 0.6 is 11.8 Å². The van der Waals surface area contributed by atoms with E-state index in [1.165, 1.54) is 0 Å². The van der Waals surface area contributed by atoms with Crippen molar-refractivity contribution in [3.05, 3.63) is 53.6 Å². The molecule has 3 aromatic rings. The van der Waals surface area contributed by atoms with Gasteiger partial charge in [-0.2, -0.15) is 0 Å². The number of amides is 2. The molecule has 0 spiro atoms. The molecule has 0 unspecified atom stereocenters. The van der Waals surface area contributed by atoms with Crippen LogP contribution < -0.4 is 14.8 Å². The highest BCUT2D eigenvalue weighted by molar-refractivity contribution is 7.98. The Morgan fingerprint density at radius 2 is 1.65 bits per heavy atom. The summed E-state index contributed by atoms with van der Waals surface area (Å²) in [7, 11) is 0. The molecule has 6 heteroatoms. The van der Waals surface area contributed by atoms with E-state index in [1.807, 2.05) is 42.7 Å². The Balaban J connectivity index is 1.88. The summed E-state index contributed by atoms with van der Waals surface area (Å²) in [5, 5.41) is 4.09. The average Bonchev–Trinajstić information content (AvgIpc) is 3.22. The molecule has 3 aromatic carbocycles. The normalized spacial score (nSPS) is 14.7. The maximum absolute atomic E-state index is 12.5. The van der Waals surface area contributed by atoms with Crippen molar-refractivity contribution in [2.45, 2.75) is 4.90 Å². The van der Waals surface area contributed by atoms with E-state index >= 15 is 0 Å². The van der Waals surface area contributed by atoms with Crippen LogP contribution in [-0.2, 0) is 0 Å². The van der Waals surface area contributed by atoms with Crippen LogP contribution in [-0.4, -0.2) is 24.9 Å². The van der Waals surface area contributed by atoms with Crippen molar-refractivity contribution in [2.75, 3.05) is 13.0 Å². The van der Waals surface area contributed by atoms with E-state index in [4.69, 9.17) is 9.47 Å². The van der Waals surface area contributed by atoms with Crippen LogP contribution in [0.25, 0.3) is 21.9 Å². The second-order valence-corrected chi connectivity index (χ2v) is 6.99. The van der Waals surface area contributed by atoms with Gasteiger partial charge in [0.1, 0.15) is 0 Å². The molecule has 0 saturated heterocycles. The standard InChI is InChI=1S/C20H13NO4S/c1-26-12-4-2-10(3-5-12)17-13-8-16-15(24-9-25-16)7-11(13)6-14-18(17)20(23)21-19(14)22/h2-8H,9H2,1H3,(H,21,22,23). The summed E-state index contributed by atoms with van der Waals surface area (Å²) in [5.74, 6) is 0.551. The average molecular weight is 363 g/mol. The summed E-state index contributed by atoms with van der Waals surface area (Å²) in [4.78, 5) is 25.9. The maximum atomic E-state index is 12.5. The van der Waals surface area contributed by atoms with E-state index in [2.05, 4.69) is 5.32 Å². The van der Waals surface area contributed by atoms with Gasteiger partial charge in [-0.05, 0) is 52.9 Å². The van der Waals surface area contributed by atoms with Gasteiger partial charge in [-0.3, -0.25) is 14.9 Å². The van der Waals surface area contributed by atoms with E-state index in [-0.39, 0.29) is 18.6 Å². The summed E-state index contributed by atoms with van der Waals surface area (Å²) < 4.78 is 11.0. The fourth-order valence-electron chi connectivity index (χ4n) is 3.50. The molecule has 2 aliphatic rings. The molecule has 0 aliphatic carbocycles. The van der Waals surface area contributed by atoms with Crippen LogP contribution in [0.4, 0.5) is 0 Å². The molecule has 0 saturated carbocycles. The van der Waals surface area contributed by atoms with Gasteiger partial charge in [-0.25, -0.2) is 0 Å². The molecule has 2 heterocycles. The zero-order chi connectivity index (χ0) is 17.8. The van der Waals surface area contributed by atoms with Crippen LogP contribution in [0.1, 0.15) is 20.7 Å². The predicted octanol–water partition coefficient (Wildman–Crippen LogP) is 3.84. The number of thioether (sulfide) groups is 1. The highest BCUT2D eigenvalue weighted by Crippen LogP contribution is 2.43. The first-order valence-electron chi connectivity index (χ1n) is 8.06. The van der Waals surface area contributed by atoms with Gasteiger partial charge in [-0.15, -0.1) is 11.8 Å². The summed E-state index contributed by atoms with van der Waals surface area (Å²) in [6.07, 6.45) is 2.01. The Morgan fingerprint density at radius 3 is 2.38 bits per heavy atom. The summed E-state index contributed by atoms with van der Waals surface area (Å²) >= 11 is 1.65. The summed E-state index contributed by atoms with van der Waals surface area (Å²) in [6.45, 7) is 0.169. The second kappa shape index (κ2) is 5.51. The zero-order valence-electron chi connectivity index (χ0n) is 13.8. The molecule has 128 valence electrons.